The molecule has 82 valence electrons. The van der Waals surface area contributed by atoms with Crippen molar-refractivity contribution in [3.05, 3.63) is 60.2 Å². The Morgan fingerprint density at radius 2 is 1.44 bits per heavy atom. The van der Waals surface area contributed by atoms with Gasteiger partial charge in [0, 0.05) is 0 Å². The Balaban J connectivity index is 2.26. The summed E-state index contributed by atoms with van der Waals surface area (Å²) in [7, 11) is 0. The Kier molecular flexibility index (Phi) is 3.37. The van der Waals surface area contributed by atoms with Gasteiger partial charge in [0.1, 0.15) is 0 Å². The number of aliphatic hydroxyl groups excluding tert-OH is 1. The highest BCUT2D eigenvalue weighted by molar-refractivity contribution is 5.63. The molecule has 0 aliphatic rings. The van der Waals surface area contributed by atoms with Crippen LogP contribution in [0.5, 0.6) is 0 Å². The summed E-state index contributed by atoms with van der Waals surface area (Å²) in [5, 5.41) is 9.69. The Bertz CT molecular complexity index is 431. The maximum atomic E-state index is 9.69. The molecule has 1 nitrogen and oxygen atoms in total. The molecule has 0 saturated carbocycles. The SMILES string of the molecule is CC[C@H](O)c1ccc(-c2ccccc2)cc1. The van der Waals surface area contributed by atoms with Gasteiger partial charge in [-0.3, -0.25) is 0 Å². The van der Waals surface area contributed by atoms with E-state index in [1.165, 1.54) is 11.1 Å². The lowest BCUT2D eigenvalue weighted by Crippen LogP contribution is -1.94. The summed E-state index contributed by atoms with van der Waals surface area (Å²) in [5.74, 6) is 0. The van der Waals surface area contributed by atoms with Gasteiger partial charge >= 0.3 is 0 Å². The van der Waals surface area contributed by atoms with Gasteiger partial charge in [-0.1, -0.05) is 61.5 Å². The summed E-state index contributed by atoms with van der Waals surface area (Å²) in [6, 6.07) is 18.4. The normalized spacial score (nSPS) is 12.4. The van der Waals surface area contributed by atoms with Crippen molar-refractivity contribution in [3.63, 3.8) is 0 Å². The first-order valence-electron chi connectivity index (χ1n) is 5.64. The van der Waals surface area contributed by atoms with E-state index in [0.717, 1.165) is 12.0 Å². The highest BCUT2D eigenvalue weighted by Gasteiger charge is 2.04. The number of benzene rings is 2. The molecule has 0 aliphatic heterocycles. The average Bonchev–Trinajstić information content (AvgIpc) is 2.39. The van der Waals surface area contributed by atoms with Crippen LogP contribution in [0.1, 0.15) is 25.0 Å². The maximum Gasteiger partial charge on any atom is 0.0787 e. The highest BCUT2D eigenvalue weighted by Crippen LogP contribution is 2.22. The Morgan fingerprint density at radius 3 is 2.00 bits per heavy atom. The molecule has 0 fully saturated rings. The average molecular weight is 212 g/mol. The molecule has 0 amide bonds. The van der Waals surface area contributed by atoms with Gasteiger partial charge < -0.3 is 5.11 Å². The zero-order valence-electron chi connectivity index (χ0n) is 9.43. The van der Waals surface area contributed by atoms with Gasteiger partial charge in [0.25, 0.3) is 0 Å². The van der Waals surface area contributed by atoms with E-state index in [9.17, 15) is 5.11 Å². The van der Waals surface area contributed by atoms with Crippen molar-refractivity contribution in [1.82, 2.24) is 0 Å². The van der Waals surface area contributed by atoms with E-state index in [-0.39, 0.29) is 6.10 Å². The second-order valence-corrected chi connectivity index (χ2v) is 3.91. The third kappa shape index (κ3) is 2.31. The molecular formula is C15H16O. The number of hydrogen-bond acceptors (Lipinski definition) is 1. The molecule has 2 aromatic rings. The lowest BCUT2D eigenvalue weighted by atomic mass is 10.0. The van der Waals surface area contributed by atoms with Gasteiger partial charge in [0.2, 0.25) is 0 Å². The van der Waals surface area contributed by atoms with Crippen LogP contribution >= 0.6 is 0 Å². The molecule has 2 aromatic carbocycles. The van der Waals surface area contributed by atoms with Crippen LogP contribution in [0.3, 0.4) is 0 Å². The molecule has 16 heavy (non-hydrogen) atoms. The molecule has 0 saturated heterocycles. The molecule has 0 heterocycles. The summed E-state index contributed by atoms with van der Waals surface area (Å²) in [6.45, 7) is 1.98. The second kappa shape index (κ2) is 4.95. The van der Waals surface area contributed by atoms with Gasteiger partial charge in [0.05, 0.1) is 6.10 Å². The van der Waals surface area contributed by atoms with Crippen LogP contribution in [-0.2, 0) is 0 Å². The summed E-state index contributed by atoms with van der Waals surface area (Å²) in [6.07, 6.45) is 0.412. The van der Waals surface area contributed by atoms with E-state index >= 15 is 0 Å². The molecule has 1 heteroatoms. The predicted octanol–water partition coefficient (Wildman–Crippen LogP) is 3.80. The van der Waals surface area contributed by atoms with Crippen molar-refractivity contribution >= 4 is 0 Å². The van der Waals surface area contributed by atoms with Gasteiger partial charge in [-0.05, 0) is 23.1 Å². The Morgan fingerprint density at radius 1 is 0.875 bits per heavy atom. The number of rotatable bonds is 3. The topological polar surface area (TPSA) is 20.2 Å². The molecule has 0 spiro atoms. The van der Waals surface area contributed by atoms with Crippen LogP contribution in [0.2, 0.25) is 0 Å². The van der Waals surface area contributed by atoms with E-state index in [4.69, 9.17) is 0 Å². The van der Waals surface area contributed by atoms with Crippen LogP contribution in [0.25, 0.3) is 11.1 Å². The van der Waals surface area contributed by atoms with Crippen LogP contribution in [0.4, 0.5) is 0 Å². The lowest BCUT2D eigenvalue weighted by Gasteiger charge is -2.09. The standard InChI is InChI=1S/C15H16O/c1-2-15(16)14-10-8-13(9-11-14)12-6-4-3-5-7-12/h3-11,15-16H,2H2,1H3/t15-/m0/s1. The van der Waals surface area contributed by atoms with E-state index in [1.807, 2.05) is 37.3 Å². The van der Waals surface area contributed by atoms with Crippen molar-refractivity contribution in [2.75, 3.05) is 0 Å². The van der Waals surface area contributed by atoms with Gasteiger partial charge in [-0.25, -0.2) is 0 Å². The molecule has 0 unspecified atom stereocenters. The number of aliphatic hydroxyl groups is 1. The van der Waals surface area contributed by atoms with Crippen molar-refractivity contribution in [1.29, 1.82) is 0 Å². The summed E-state index contributed by atoms with van der Waals surface area (Å²) in [4.78, 5) is 0. The highest BCUT2D eigenvalue weighted by atomic mass is 16.3. The molecule has 0 aromatic heterocycles. The van der Waals surface area contributed by atoms with Gasteiger partial charge in [-0.15, -0.1) is 0 Å². The van der Waals surface area contributed by atoms with Crippen LogP contribution in [0, 0.1) is 0 Å². The minimum Gasteiger partial charge on any atom is -0.388 e. The number of hydrogen-bond donors (Lipinski definition) is 1. The first-order chi connectivity index (χ1) is 7.81. The maximum absolute atomic E-state index is 9.69. The first kappa shape index (κ1) is 10.9. The molecule has 1 atom stereocenters. The summed E-state index contributed by atoms with van der Waals surface area (Å²) < 4.78 is 0. The molecule has 2 rings (SSSR count). The fourth-order valence-electron chi connectivity index (χ4n) is 1.76. The zero-order valence-corrected chi connectivity index (χ0v) is 9.43. The molecule has 1 N–H and O–H groups in total. The summed E-state index contributed by atoms with van der Waals surface area (Å²) in [5.41, 5.74) is 3.38. The fraction of sp³-hybridized carbons (Fsp3) is 0.200. The van der Waals surface area contributed by atoms with E-state index in [0.29, 0.717) is 0 Å². The monoisotopic (exact) mass is 212 g/mol. The largest absolute Gasteiger partial charge is 0.388 e. The van der Waals surface area contributed by atoms with Crippen molar-refractivity contribution < 1.29 is 5.11 Å². The van der Waals surface area contributed by atoms with Gasteiger partial charge in [-0.2, -0.15) is 0 Å². The second-order valence-electron chi connectivity index (χ2n) is 3.91. The van der Waals surface area contributed by atoms with Gasteiger partial charge in [0.15, 0.2) is 0 Å². The minimum atomic E-state index is -0.343. The van der Waals surface area contributed by atoms with Crippen molar-refractivity contribution in [2.45, 2.75) is 19.4 Å². The summed E-state index contributed by atoms with van der Waals surface area (Å²) >= 11 is 0. The predicted molar refractivity (Wildman–Crippen MR) is 67.1 cm³/mol. The van der Waals surface area contributed by atoms with Crippen LogP contribution < -0.4 is 0 Å². The van der Waals surface area contributed by atoms with Crippen molar-refractivity contribution in [3.8, 4) is 11.1 Å². The minimum absolute atomic E-state index is 0.343. The van der Waals surface area contributed by atoms with Crippen molar-refractivity contribution in [2.24, 2.45) is 0 Å². The van der Waals surface area contributed by atoms with E-state index in [1.54, 1.807) is 0 Å². The smallest absolute Gasteiger partial charge is 0.0787 e. The third-order valence-electron chi connectivity index (χ3n) is 2.79. The fourth-order valence-corrected chi connectivity index (χ4v) is 1.76. The molecule has 0 bridgehead atoms. The first-order valence-corrected chi connectivity index (χ1v) is 5.64. The van der Waals surface area contributed by atoms with Crippen LogP contribution in [0.15, 0.2) is 54.6 Å². The Labute approximate surface area is 96.4 Å². The van der Waals surface area contributed by atoms with E-state index in [2.05, 4.69) is 24.3 Å². The van der Waals surface area contributed by atoms with E-state index < -0.39 is 0 Å². The lowest BCUT2D eigenvalue weighted by molar-refractivity contribution is 0.173. The molecule has 0 radical (unpaired) electrons. The third-order valence-corrected chi connectivity index (χ3v) is 2.79. The van der Waals surface area contributed by atoms with Crippen LogP contribution in [-0.4, -0.2) is 5.11 Å². The molecular weight excluding hydrogens is 196 g/mol. The Hall–Kier alpha value is -1.60. The zero-order chi connectivity index (χ0) is 11.4. The molecule has 0 aliphatic carbocycles. The quantitative estimate of drug-likeness (QED) is 0.820.